The number of carbonyl (C=O) groups excluding carboxylic acids is 1. The molecule has 2 nitrogen and oxygen atoms in total. The Kier molecular flexibility index (Phi) is 2.61. The Morgan fingerprint density at radius 1 is 1.33 bits per heavy atom. The molecule has 80 valence electrons. The van der Waals surface area contributed by atoms with Crippen LogP contribution in [0.15, 0.2) is 12.1 Å². The highest BCUT2D eigenvalue weighted by atomic mass is 35.5. The predicted molar refractivity (Wildman–Crippen MR) is 51.9 cm³/mol. The van der Waals surface area contributed by atoms with Crippen LogP contribution in [0, 0.1) is 11.6 Å². The third kappa shape index (κ3) is 2.09. The van der Waals surface area contributed by atoms with E-state index in [1.807, 2.05) is 0 Å². The van der Waals surface area contributed by atoms with Crippen molar-refractivity contribution in [1.82, 2.24) is 5.32 Å². The maximum absolute atomic E-state index is 13.3. The number of amides is 1. The molecule has 0 aliphatic heterocycles. The molecular weight excluding hydrogens is 224 g/mol. The number of nitrogens with one attached hydrogen (secondary N) is 1. The summed E-state index contributed by atoms with van der Waals surface area (Å²) in [5.74, 6) is -2.97. The first-order valence-corrected chi connectivity index (χ1v) is 4.91. The molecule has 0 saturated heterocycles. The molecule has 0 aromatic heterocycles. The van der Waals surface area contributed by atoms with Gasteiger partial charge < -0.3 is 5.32 Å². The molecule has 0 bridgehead atoms. The van der Waals surface area contributed by atoms with Gasteiger partial charge in [-0.3, -0.25) is 4.79 Å². The molecule has 1 aliphatic rings. The van der Waals surface area contributed by atoms with Crippen molar-refractivity contribution in [2.75, 3.05) is 0 Å². The fraction of sp³-hybridized carbons (Fsp3) is 0.300. The molecule has 0 spiro atoms. The molecule has 0 unspecified atom stereocenters. The van der Waals surface area contributed by atoms with Crippen LogP contribution in [-0.4, -0.2) is 11.9 Å². The van der Waals surface area contributed by atoms with Crippen molar-refractivity contribution in [1.29, 1.82) is 0 Å². The van der Waals surface area contributed by atoms with Gasteiger partial charge in [0.2, 0.25) is 0 Å². The van der Waals surface area contributed by atoms with Crippen molar-refractivity contribution in [3.63, 3.8) is 0 Å². The number of halogens is 3. The lowest BCUT2D eigenvalue weighted by Gasteiger charge is -2.05. The van der Waals surface area contributed by atoms with E-state index < -0.39 is 17.5 Å². The fourth-order valence-corrected chi connectivity index (χ4v) is 1.34. The smallest absolute Gasteiger partial charge is 0.254 e. The minimum atomic E-state index is -1.19. The Morgan fingerprint density at radius 3 is 2.60 bits per heavy atom. The maximum atomic E-state index is 13.3. The van der Waals surface area contributed by atoms with E-state index in [0.29, 0.717) is 0 Å². The zero-order valence-corrected chi connectivity index (χ0v) is 8.44. The van der Waals surface area contributed by atoms with Gasteiger partial charge in [0.25, 0.3) is 5.91 Å². The lowest BCUT2D eigenvalue weighted by molar-refractivity contribution is 0.0946. The molecule has 1 saturated carbocycles. The van der Waals surface area contributed by atoms with Crippen molar-refractivity contribution < 1.29 is 13.6 Å². The standard InChI is InChI=1S/C10H8ClF2NO/c11-7-4-3-6(8(12)9(7)13)10(15)14-5-1-2-5/h3-5H,1-2H2,(H,14,15). The average molecular weight is 232 g/mol. The van der Waals surface area contributed by atoms with Gasteiger partial charge in [-0.25, -0.2) is 8.78 Å². The quantitative estimate of drug-likeness (QED) is 0.779. The largest absolute Gasteiger partial charge is 0.349 e. The van der Waals surface area contributed by atoms with Crippen molar-refractivity contribution in [2.24, 2.45) is 0 Å². The van der Waals surface area contributed by atoms with Crippen LogP contribution < -0.4 is 5.32 Å². The van der Waals surface area contributed by atoms with Gasteiger partial charge in [0.15, 0.2) is 11.6 Å². The van der Waals surface area contributed by atoms with Crippen LogP contribution in [0.25, 0.3) is 0 Å². The molecule has 0 heterocycles. The van der Waals surface area contributed by atoms with E-state index in [1.54, 1.807) is 0 Å². The lowest BCUT2D eigenvalue weighted by Crippen LogP contribution is -2.26. The van der Waals surface area contributed by atoms with Gasteiger partial charge in [0.05, 0.1) is 10.6 Å². The summed E-state index contributed by atoms with van der Waals surface area (Å²) in [4.78, 5) is 11.4. The lowest BCUT2D eigenvalue weighted by atomic mass is 10.2. The van der Waals surface area contributed by atoms with Crippen molar-refractivity contribution in [3.8, 4) is 0 Å². The molecule has 1 N–H and O–H groups in total. The Morgan fingerprint density at radius 2 is 2.00 bits per heavy atom. The summed E-state index contributed by atoms with van der Waals surface area (Å²) in [6.07, 6.45) is 1.78. The van der Waals surface area contributed by atoms with E-state index in [0.717, 1.165) is 12.8 Å². The third-order valence-corrected chi connectivity index (χ3v) is 2.48. The molecule has 1 aromatic rings. The Labute approximate surface area is 90.2 Å². The Hall–Kier alpha value is -1.16. The molecule has 1 amide bonds. The van der Waals surface area contributed by atoms with Crippen molar-refractivity contribution in [2.45, 2.75) is 18.9 Å². The summed E-state index contributed by atoms with van der Waals surface area (Å²) in [5, 5.41) is 2.25. The second kappa shape index (κ2) is 3.77. The molecule has 2 rings (SSSR count). The zero-order valence-electron chi connectivity index (χ0n) is 7.69. The van der Waals surface area contributed by atoms with Gasteiger partial charge >= 0.3 is 0 Å². The van der Waals surface area contributed by atoms with Crippen LogP contribution in [0.3, 0.4) is 0 Å². The third-order valence-electron chi connectivity index (χ3n) is 2.19. The Balaban J connectivity index is 2.26. The molecular formula is C10H8ClF2NO. The summed E-state index contributed by atoms with van der Waals surface area (Å²) in [5.41, 5.74) is -0.302. The van der Waals surface area contributed by atoms with Crippen LogP contribution in [-0.2, 0) is 0 Å². The van der Waals surface area contributed by atoms with Crippen molar-refractivity contribution >= 4 is 17.5 Å². The van der Waals surface area contributed by atoms with Gasteiger partial charge in [-0.05, 0) is 25.0 Å². The highest BCUT2D eigenvalue weighted by Gasteiger charge is 2.26. The summed E-state index contributed by atoms with van der Waals surface area (Å²) in [7, 11) is 0. The van der Waals surface area contributed by atoms with E-state index in [9.17, 15) is 13.6 Å². The summed E-state index contributed by atoms with van der Waals surface area (Å²) < 4.78 is 26.3. The van der Waals surface area contributed by atoms with Gasteiger partial charge in [-0.15, -0.1) is 0 Å². The van der Waals surface area contributed by atoms with E-state index in [-0.39, 0.29) is 16.6 Å². The van der Waals surface area contributed by atoms with Crippen molar-refractivity contribution in [3.05, 3.63) is 34.4 Å². The fourth-order valence-electron chi connectivity index (χ4n) is 1.19. The second-order valence-corrected chi connectivity index (χ2v) is 3.88. The summed E-state index contributed by atoms with van der Waals surface area (Å²) >= 11 is 5.36. The minimum absolute atomic E-state index is 0.107. The monoisotopic (exact) mass is 231 g/mol. The number of benzene rings is 1. The predicted octanol–water partition coefficient (Wildman–Crippen LogP) is 2.51. The van der Waals surface area contributed by atoms with Gasteiger partial charge in [0.1, 0.15) is 0 Å². The number of hydrogen-bond acceptors (Lipinski definition) is 1. The van der Waals surface area contributed by atoms with Gasteiger partial charge in [-0.1, -0.05) is 11.6 Å². The van der Waals surface area contributed by atoms with Crippen LogP contribution >= 0.6 is 11.6 Å². The molecule has 1 fully saturated rings. The normalized spacial score (nSPS) is 15.1. The average Bonchev–Trinajstić information content (AvgIpc) is 2.98. The molecule has 1 aliphatic carbocycles. The van der Waals surface area contributed by atoms with Gasteiger partial charge in [-0.2, -0.15) is 0 Å². The van der Waals surface area contributed by atoms with E-state index in [2.05, 4.69) is 5.32 Å². The number of carbonyl (C=O) groups is 1. The second-order valence-electron chi connectivity index (χ2n) is 3.47. The topological polar surface area (TPSA) is 29.1 Å². The molecule has 15 heavy (non-hydrogen) atoms. The van der Waals surface area contributed by atoms with Crippen LogP contribution in [0.2, 0.25) is 5.02 Å². The SMILES string of the molecule is O=C(NC1CC1)c1ccc(Cl)c(F)c1F. The molecule has 5 heteroatoms. The first-order valence-electron chi connectivity index (χ1n) is 4.54. The first-order chi connectivity index (χ1) is 7.09. The summed E-state index contributed by atoms with van der Waals surface area (Å²) in [6, 6.07) is 2.45. The summed E-state index contributed by atoms with van der Waals surface area (Å²) in [6.45, 7) is 0. The molecule has 0 atom stereocenters. The molecule has 1 aromatic carbocycles. The zero-order chi connectivity index (χ0) is 11.0. The highest BCUT2D eigenvalue weighted by molar-refractivity contribution is 6.30. The van der Waals surface area contributed by atoms with E-state index >= 15 is 0 Å². The maximum Gasteiger partial charge on any atom is 0.254 e. The Bertz CT molecular complexity index is 418. The van der Waals surface area contributed by atoms with Gasteiger partial charge in [0, 0.05) is 6.04 Å². The number of rotatable bonds is 2. The van der Waals surface area contributed by atoms with Crippen LogP contribution in [0.1, 0.15) is 23.2 Å². The highest BCUT2D eigenvalue weighted by Crippen LogP contribution is 2.23. The minimum Gasteiger partial charge on any atom is -0.349 e. The molecule has 0 radical (unpaired) electrons. The van der Waals surface area contributed by atoms with Crippen LogP contribution in [0.5, 0.6) is 0 Å². The number of hydrogen-bond donors (Lipinski definition) is 1. The van der Waals surface area contributed by atoms with E-state index in [1.165, 1.54) is 12.1 Å². The first kappa shape index (κ1) is 10.4. The van der Waals surface area contributed by atoms with E-state index in [4.69, 9.17) is 11.6 Å². The van der Waals surface area contributed by atoms with Crippen LogP contribution in [0.4, 0.5) is 8.78 Å².